The Kier molecular flexibility index (Phi) is 4.57. The average molecular weight is 342 g/mol. The van der Waals surface area contributed by atoms with E-state index in [-0.39, 0.29) is 11.8 Å². The summed E-state index contributed by atoms with van der Waals surface area (Å²) in [5.41, 5.74) is 0.578. The highest BCUT2D eigenvalue weighted by molar-refractivity contribution is 6.36. The highest BCUT2D eigenvalue weighted by atomic mass is 35.5. The Morgan fingerprint density at radius 1 is 1.18 bits per heavy atom. The van der Waals surface area contributed by atoms with Gasteiger partial charge in [0.2, 0.25) is 11.8 Å². The molecule has 2 fully saturated rings. The third kappa shape index (κ3) is 2.93. The normalized spacial score (nSPS) is 22.3. The van der Waals surface area contributed by atoms with Crippen molar-refractivity contribution in [1.82, 2.24) is 10.2 Å². The van der Waals surface area contributed by atoms with Gasteiger partial charge in [-0.2, -0.15) is 0 Å². The standard InChI is InChI=1S/C15H17Cl2N3O2/c16-10-1-2-12(17)13(9-10)20-6-3-11(15(20)22)14(21)19-7-4-18-5-8-19/h1-2,9,11,18H,3-8H2/t11-/m0/s1. The number of nitrogens with one attached hydrogen (secondary N) is 1. The van der Waals surface area contributed by atoms with Crippen LogP contribution in [0.1, 0.15) is 6.42 Å². The van der Waals surface area contributed by atoms with Crippen molar-refractivity contribution < 1.29 is 9.59 Å². The van der Waals surface area contributed by atoms with Crippen LogP contribution in [0.15, 0.2) is 18.2 Å². The van der Waals surface area contributed by atoms with Crippen LogP contribution < -0.4 is 10.2 Å². The van der Waals surface area contributed by atoms with E-state index in [1.165, 1.54) is 0 Å². The molecule has 0 aliphatic carbocycles. The maximum absolute atomic E-state index is 12.6. The molecule has 3 rings (SSSR count). The first-order valence-electron chi connectivity index (χ1n) is 7.34. The molecule has 7 heteroatoms. The minimum Gasteiger partial charge on any atom is -0.339 e. The summed E-state index contributed by atoms with van der Waals surface area (Å²) < 4.78 is 0. The molecule has 2 aliphatic heterocycles. The van der Waals surface area contributed by atoms with Crippen molar-refractivity contribution in [3.05, 3.63) is 28.2 Å². The number of amides is 2. The molecule has 5 nitrogen and oxygen atoms in total. The van der Waals surface area contributed by atoms with Crippen molar-refractivity contribution in [1.29, 1.82) is 0 Å². The number of anilines is 1. The maximum atomic E-state index is 12.6. The number of hydrogen-bond donors (Lipinski definition) is 1. The summed E-state index contributed by atoms with van der Waals surface area (Å²) in [6.45, 7) is 3.34. The lowest BCUT2D eigenvalue weighted by Gasteiger charge is -2.29. The zero-order chi connectivity index (χ0) is 15.7. The van der Waals surface area contributed by atoms with Gasteiger partial charge in [-0.3, -0.25) is 9.59 Å². The number of hydrogen-bond acceptors (Lipinski definition) is 3. The zero-order valence-electron chi connectivity index (χ0n) is 12.0. The van der Waals surface area contributed by atoms with E-state index in [2.05, 4.69) is 5.32 Å². The Morgan fingerprint density at radius 3 is 2.64 bits per heavy atom. The molecule has 1 aromatic carbocycles. The first-order chi connectivity index (χ1) is 10.6. The summed E-state index contributed by atoms with van der Waals surface area (Å²) in [6, 6.07) is 5.01. The van der Waals surface area contributed by atoms with E-state index in [0.29, 0.717) is 41.8 Å². The van der Waals surface area contributed by atoms with Crippen LogP contribution in [0, 0.1) is 5.92 Å². The van der Waals surface area contributed by atoms with Crippen LogP contribution in [0.5, 0.6) is 0 Å². The van der Waals surface area contributed by atoms with Crippen LogP contribution in [-0.4, -0.2) is 49.4 Å². The molecule has 0 radical (unpaired) electrons. The molecule has 1 atom stereocenters. The Hall–Kier alpha value is -1.30. The van der Waals surface area contributed by atoms with Gasteiger partial charge in [0.1, 0.15) is 5.92 Å². The van der Waals surface area contributed by atoms with E-state index >= 15 is 0 Å². The summed E-state index contributed by atoms with van der Waals surface area (Å²) in [7, 11) is 0. The fraction of sp³-hybridized carbons (Fsp3) is 0.467. The van der Waals surface area contributed by atoms with E-state index in [0.717, 1.165) is 13.1 Å². The summed E-state index contributed by atoms with van der Waals surface area (Å²) in [5.74, 6) is -0.868. The summed E-state index contributed by atoms with van der Waals surface area (Å²) in [5, 5.41) is 4.18. The van der Waals surface area contributed by atoms with E-state index < -0.39 is 5.92 Å². The zero-order valence-corrected chi connectivity index (χ0v) is 13.5. The third-order valence-corrected chi connectivity index (χ3v) is 4.69. The lowest BCUT2D eigenvalue weighted by atomic mass is 10.1. The molecule has 0 spiro atoms. The summed E-state index contributed by atoms with van der Waals surface area (Å²) >= 11 is 12.1. The van der Waals surface area contributed by atoms with Crippen LogP contribution in [-0.2, 0) is 9.59 Å². The van der Waals surface area contributed by atoms with E-state index in [1.807, 2.05) is 0 Å². The van der Waals surface area contributed by atoms with Gasteiger partial charge in [-0.05, 0) is 24.6 Å². The second-order valence-corrected chi connectivity index (χ2v) is 6.35. The van der Waals surface area contributed by atoms with Crippen molar-refractivity contribution >= 4 is 40.7 Å². The minimum absolute atomic E-state index is 0.0767. The molecule has 0 saturated carbocycles. The van der Waals surface area contributed by atoms with Crippen molar-refractivity contribution in [3.63, 3.8) is 0 Å². The first-order valence-corrected chi connectivity index (χ1v) is 8.09. The molecular formula is C15H17Cl2N3O2. The maximum Gasteiger partial charge on any atom is 0.239 e. The van der Waals surface area contributed by atoms with Crippen LogP contribution in [0.3, 0.4) is 0 Å². The van der Waals surface area contributed by atoms with Crippen molar-refractivity contribution in [2.75, 3.05) is 37.6 Å². The lowest BCUT2D eigenvalue weighted by Crippen LogP contribution is -2.49. The lowest BCUT2D eigenvalue weighted by molar-refractivity contribution is -0.140. The minimum atomic E-state index is -0.604. The van der Waals surface area contributed by atoms with Crippen molar-refractivity contribution in [2.45, 2.75) is 6.42 Å². The quantitative estimate of drug-likeness (QED) is 0.834. The topological polar surface area (TPSA) is 52.7 Å². The van der Waals surface area contributed by atoms with Gasteiger partial charge in [-0.1, -0.05) is 23.2 Å². The molecule has 1 aromatic rings. The van der Waals surface area contributed by atoms with Gasteiger partial charge in [0.15, 0.2) is 0 Å². The second-order valence-electron chi connectivity index (χ2n) is 5.50. The number of carbonyl (C=O) groups is 2. The van der Waals surface area contributed by atoms with Crippen LogP contribution >= 0.6 is 23.2 Å². The highest BCUT2D eigenvalue weighted by Crippen LogP contribution is 2.34. The largest absolute Gasteiger partial charge is 0.339 e. The molecular weight excluding hydrogens is 325 g/mol. The van der Waals surface area contributed by atoms with Gasteiger partial charge in [0.05, 0.1) is 10.7 Å². The Labute approximate surface area is 139 Å². The van der Waals surface area contributed by atoms with Gasteiger partial charge in [-0.15, -0.1) is 0 Å². The number of carbonyl (C=O) groups excluding carboxylic acids is 2. The van der Waals surface area contributed by atoms with Gasteiger partial charge in [0, 0.05) is 37.7 Å². The Bertz CT molecular complexity index is 602. The van der Waals surface area contributed by atoms with Crippen LogP contribution in [0.4, 0.5) is 5.69 Å². The number of halogens is 2. The molecule has 0 bridgehead atoms. The number of nitrogens with zero attached hydrogens (tertiary/aromatic N) is 2. The van der Waals surface area contributed by atoms with E-state index in [9.17, 15) is 9.59 Å². The molecule has 1 N–H and O–H groups in total. The van der Waals surface area contributed by atoms with Gasteiger partial charge >= 0.3 is 0 Å². The van der Waals surface area contributed by atoms with Gasteiger partial charge in [-0.25, -0.2) is 0 Å². The van der Waals surface area contributed by atoms with E-state index in [1.54, 1.807) is 28.0 Å². The van der Waals surface area contributed by atoms with Gasteiger partial charge in [0.25, 0.3) is 0 Å². The molecule has 118 valence electrons. The summed E-state index contributed by atoms with van der Waals surface area (Å²) in [6.07, 6.45) is 0.518. The predicted molar refractivity (Wildman–Crippen MR) is 86.4 cm³/mol. The van der Waals surface area contributed by atoms with Crippen LogP contribution in [0.25, 0.3) is 0 Å². The molecule has 0 unspecified atom stereocenters. The van der Waals surface area contributed by atoms with Gasteiger partial charge < -0.3 is 15.1 Å². The second kappa shape index (κ2) is 6.44. The molecule has 2 saturated heterocycles. The monoisotopic (exact) mass is 341 g/mol. The number of piperazine rings is 1. The number of benzene rings is 1. The van der Waals surface area contributed by atoms with E-state index in [4.69, 9.17) is 23.2 Å². The fourth-order valence-corrected chi connectivity index (χ4v) is 3.33. The molecule has 2 aliphatic rings. The first kappa shape index (κ1) is 15.6. The SMILES string of the molecule is O=C([C@@H]1CCN(c2cc(Cl)ccc2Cl)C1=O)N1CCNCC1. The molecule has 2 heterocycles. The smallest absolute Gasteiger partial charge is 0.239 e. The predicted octanol–water partition coefficient (Wildman–Crippen LogP) is 1.78. The third-order valence-electron chi connectivity index (χ3n) is 4.13. The highest BCUT2D eigenvalue weighted by Gasteiger charge is 2.40. The average Bonchev–Trinajstić information content (AvgIpc) is 2.91. The number of rotatable bonds is 2. The molecule has 22 heavy (non-hydrogen) atoms. The summed E-state index contributed by atoms with van der Waals surface area (Å²) in [4.78, 5) is 28.5. The Balaban J connectivity index is 1.77. The van der Waals surface area contributed by atoms with Crippen LogP contribution in [0.2, 0.25) is 10.0 Å². The Morgan fingerprint density at radius 2 is 1.91 bits per heavy atom. The molecule has 2 amide bonds. The molecule has 0 aromatic heterocycles. The fourth-order valence-electron chi connectivity index (χ4n) is 2.95. The van der Waals surface area contributed by atoms with Crippen molar-refractivity contribution in [3.8, 4) is 0 Å². The van der Waals surface area contributed by atoms with Crippen molar-refractivity contribution in [2.24, 2.45) is 5.92 Å².